The molecule has 1 N–H and O–H groups in total. The molecule has 2 saturated heterocycles. The van der Waals surface area contributed by atoms with E-state index in [2.05, 4.69) is 17.3 Å². The molecule has 0 aromatic heterocycles. The van der Waals surface area contributed by atoms with E-state index in [0.717, 1.165) is 37.2 Å². The van der Waals surface area contributed by atoms with Crippen LogP contribution in [0.25, 0.3) is 0 Å². The van der Waals surface area contributed by atoms with Gasteiger partial charge >= 0.3 is 0 Å². The number of para-hydroxylation sites is 1. The second-order valence-electron chi connectivity index (χ2n) is 5.88. The van der Waals surface area contributed by atoms with Gasteiger partial charge in [0.1, 0.15) is 11.9 Å². The van der Waals surface area contributed by atoms with Crippen LogP contribution in [-0.4, -0.2) is 55.5 Å². The maximum Gasteiger partial charge on any atom is 0.238 e. The lowest BCUT2D eigenvalue weighted by molar-refractivity contribution is -0.131. The molecule has 1 amide bonds. The summed E-state index contributed by atoms with van der Waals surface area (Å²) in [6.07, 6.45) is 2.14. The first-order chi connectivity index (χ1) is 10.2. The average Bonchev–Trinajstić information content (AvgIpc) is 2.88. The Morgan fingerprint density at radius 1 is 1.33 bits per heavy atom. The first-order valence-corrected chi connectivity index (χ1v) is 7.56. The molecule has 114 valence electrons. The summed E-state index contributed by atoms with van der Waals surface area (Å²) >= 11 is 0. The molecule has 3 rings (SSSR count). The van der Waals surface area contributed by atoms with Crippen molar-refractivity contribution in [2.75, 3.05) is 33.8 Å². The molecule has 0 aliphatic carbocycles. The van der Waals surface area contributed by atoms with Crippen LogP contribution in [0.3, 0.4) is 0 Å². The van der Waals surface area contributed by atoms with Gasteiger partial charge in [-0.15, -0.1) is 0 Å². The van der Waals surface area contributed by atoms with Crippen molar-refractivity contribution < 1.29 is 9.53 Å². The highest BCUT2D eigenvalue weighted by Gasteiger charge is 2.39. The number of carbonyl (C=O) groups excluding carboxylic acids is 1. The van der Waals surface area contributed by atoms with Gasteiger partial charge in [-0.1, -0.05) is 18.2 Å². The van der Waals surface area contributed by atoms with E-state index in [1.54, 1.807) is 7.11 Å². The molecule has 2 heterocycles. The predicted molar refractivity (Wildman–Crippen MR) is 81.1 cm³/mol. The third-order valence-corrected chi connectivity index (χ3v) is 4.44. The normalized spacial score (nSPS) is 27.1. The molecule has 0 radical (unpaired) electrons. The minimum atomic E-state index is -0.0786. The number of nitrogens with zero attached hydrogens (tertiary/aromatic N) is 2. The van der Waals surface area contributed by atoms with Gasteiger partial charge in [0.2, 0.25) is 5.91 Å². The maximum absolute atomic E-state index is 12.4. The summed E-state index contributed by atoms with van der Waals surface area (Å²) in [5.41, 5.74) is 1.04. The summed E-state index contributed by atoms with van der Waals surface area (Å²) in [7, 11) is 3.80. The molecule has 0 spiro atoms. The number of likely N-dealkylation sites (tertiary alicyclic amines) is 1. The summed E-state index contributed by atoms with van der Waals surface area (Å²) < 4.78 is 5.46. The first kappa shape index (κ1) is 14.4. The van der Waals surface area contributed by atoms with Gasteiger partial charge in [0.25, 0.3) is 0 Å². The van der Waals surface area contributed by atoms with Crippen LogP contribution in [0.15, 0.2) is 24.3 Å². The monoisotopic (exact) mass is 289 g/mol. The van der Waals surface area contributed by atoms with E-state index in [1.165, 1.54) is 0 Å². The van der Waals surface area contributed by atoms with E-state index in [9.17, 15) is 4.79 Å². The molecule has 2 unspecified atom stereocenters. The highest BCUT2D eigenvalue weighted by atomic mass is 16.5. The number of amides is 1. The molecule has 5 heteroatoms. The molecule has 1 aromatic carbocycles. The molecule has 5 nitrogen and oxygen atoms in total. The van der Waals surface area contributed by atoms with E-state index in [4.69, 9.17) is 4.74 Å². The summed E-state index contributed by atoms with van der Waals surface area (Å²) in [4.78, 5) is 16.7. The van der Waals surface area contributed by atoms with Gasteiger partial charge < -0.3 is 14.5 Å². The average molecular weight is 289 g/mol. The van der Waals surface area contributed by atoms with Crippen LogP contribution in [0, 0.1) is 0 Å². The first-order valence-electron chi connectivity index (χ1n) is 7.56. The Bertz CT molecular complexity index is 520. The largest absolute Gasteiger partial charge is 0.496 e. The second kappa shape index (κ2) is 6.03. The quantitative estimate of drug-likeness (QED) is 0.909. The number of benzene rings is 1. The molecule has 0 bridgehead atoms. The molecule has 2 fully saturated rings. The lowest BCUT2D eigenvalue weighted by atomic mass is 10.0. The van der Waals surface area contributed by atoms with Crippen molar-refractivity contribution in [1.82, 2.24) is 15.1 Å². The Kier molecular flexibility index (Phi) is 4.12. The number of ether oxygens (including phenoxy) is 1. The van der Waals surface area contributed by atoms with E-state index in [-0.39, 0.29) is 18.1 Å². The van der Waals surface area contributed by atoms with Gasteiger partial charge in [-0.25, -0.2) is 0 Å². The Morgan fingerprint density at radius 3 is 2.90 bits per heavy atom. The van der Waals surface area contributed by atoms with Crippen LogP contribution in [0.1, 0.15) is 24.6 Å². The summed E-state index contributed by atoms with van der Waals surface area (Å²) in [5.74, 6) is 1.02. The van der Waals surface area contributed by atoms with E-state index >= 15 is 0 Å². The third-order valence-electron chi connectivity index (χ3n) is 4.44. The predicted octanol–water partition coefficient (Wildman–Crippen LogP) is 1.22. The van der Waals surface area contributed by atoms with Crippen LogP contribution in [0.2, 0.25) is 0 Å². The third kappa shape index (κ3) is 2.76. The molecule has 0 saturated carbocycles. The minimum absolute atomic E-state index is 0.0786. The van der Waals surface area contributed by atoms with Gasteiger partial charge in [0, 0.05) is 18.2 Å². The van der Waals surface area contributed by atoms with Crippen molar-refractivity contribution in [2.45, 2.75) is 25.0 Å². The Labute approximate surface area is 125 Å². The van der Waals surface area contributed by atoms with E-state index < -0.39 is 0 Å². The van der Waals surface area contributed by atoms with Gasteiger partial charge in [-0.05, 0) is 32.5 Å². The molecule has 2 aliphatic heterocycles. The van der Waals surface area contributed by atoms with Crippen molar-refractivity contribution >= 4 is 5.91 Å². The maximum atomic E-state index is 12.4. The van der Waals surface area contributed by atoms with Crippen LogP contribution in [0.4, 0.5) is 0 Å². The standard InChI is InChI=1S/C16H23N3O2/c1-18-9-5-6-12(11-18)19-15(20)10-17-16(19)13-7-3-4-8-14(13)21-2/h3-4,7-8,12,16-17H,5-6,9-11H2,1-2H3. The Morgan fingerprint density at radius 2 is 2.14 bits per heavy atom. The Balaban J connectivity index is 1.88. The molecule has 21 heavy (non-hydrogen) atoms. The molecular weight excluding hydrogens is 266 g/mol. The van der Waals surface area contributed by atoms with Crippen molar-refractivity contribution in [2.24, 2.45) is 0 Å². The van der Waals surface area contributed by atoms with Gasteiger partial charge in [-0.2, -0.15) is 0 Å². The number of likely N-dealkylation sites (N-methyl/N-ethyl adjacent to an activating group) is 1. The van der Waals surface area contributed by atoms with Crippen LogP contribution in [-0.2, 0) is 4.79 Å². The van der Waals surface area contributed by atoms with Crippen molar-refractivity contribution in [3.05, 3.63) is 29.8 Å². The Hall–Kier alpha value is -1.59. The molecular formula is C16H23N3O2. The number of nitrogens with one attached hydrogen (secondary N) is 1. The van der Waals surface area contributed by atoms with E-state index in [0.29, 0.717) is 6.54 Å². The fourth-order valence-corrected chi connectivity index (χ4v) is 3.45. The summed E-state index contributed by atoms with van der Waals surface area (Å²) in [5, 5.41) is 3.34. The van der Waals surface area contributed by atoms with E-state index in [1.807, 2.05) is 29.2 Å². The molecule has 1 aromatic rings. The van der Waals surface area contributed by atoms with Crippen molar-refractivity contribution in [1.29, 1.82) is 0 Å². The number of hydrogen-bond acceptors (Lipinski definition) is 4. The van der Waals surface area contributed by atoms with Gasteiger partial charge in [0.15, 0.2) is 0 Å². The molecule has 2 aliphatic rings. The van der Waals surface area contributed by atoms with Crippen molar-refractivity contribution in [3.63, 3.8) is 0 Å². The fraction of sp³-hybridized carbons (Fsp3) is 0.562. The number of rotatable bonds is 3. The van der Waals surface area contributed by atoms with Gasteiger partial charge in [-0.3, -0.25) is 10.1 Å². The number of methoxy groups -OCH3 is 1. The molecule has 2 atom stereocenters. The highest BCUT2D eigenvalue weighted by Crippen LogP contribution is 2.33. The van der Waals surface area contributed by atoms with Crippen LogP contribution >= 0.6 is 0 Å². The van der Waals surface area contributed by atoms with Crippen LogP contribution in [0.5, 0.6) is 5.75 Å². The number of piperidine rings is 1. The number of carbonyl (C=O) groups is 1. The SMILES string of the molecule is COc1ccccc1C1NCC(=O)N1C1CCCN(C)C1. The van der Waals surface area contributed by atoms with Crippen LogP contribution < -0.4 is 10.1 Å². The lowest BCUT2D eigenvalue weighted by Crippen LogP contribution is -2.48. The highest BCUT2D eigenvalue weighted by molar-refractivity contribution is 5.81. The lowest BCUT2D eigenvalue weighted by Gasteiger charge is -2.38. The second-order valence-corrected chi connectivity index (χ2v) is 5.88. The zero-order valence-corrected chi connectivity index (χ0v) is 12.7. The number of hydrogen-bond donors (Lipinski definition) is 1. The topological polar surface area (TPSA) is 44.8 Å². The summed E-state index contributed by atoms with van der Waals surface area (Å²) in [6.45, 7) is 2.47. The van der Waals surface area contributed by atoms with Gasteiger partial charge in [0.05, 0.1) is 13.7 Å². The fourth-order valence-electron chi connectivity index (χ4n) is 3.45. The summed E-state index contributed by atoms with van der Waals surface area (Å²) in [6, 6.07) is 8.21. The van der Waals surface area contributed by atoms with Crippen molar-refractivity contribution in [3.8, 4) is 5.75 Å². The zero-order valence-electron chi connectivity index (χ0n) is 12.7. The minimum Gasteiger partial charge on any atom is -0.496 e. The smallest absolute Gasteiger partial charge is 0.238 e. The zero-order chi connectivity index (χ0) is 14.8.